The molecule has 1 heterocycles. The van der Waals surface area contributed by atoms with Gasteiger partial charge in [-0.1, -0.05) is 17.4 Å². The summed E-state index contributed by atoms with van der Waals surface area (Å²) in [6, 6.07) is 6.68. The number of thiazole rings is 1. The number of anilines is 1. The average Bonchev–Trinajstić information content (AvgIpc) is 3.07. The van der Waals surface area contributed by atoms with Crippen LogP contribution in [0.25, 0.3) is 10.2 Å². The second kappa shape index (κ2) is 5.17. The number of aryl methyl sites for hydroxylation is 1. The molecule has 4 nitrogen and oxygen atoms in total. The van der Waals surface area contributed by atoms with Gasteiger partial charge in [-0.15, -0.1) is 0 Å². The number of aromatic nitrogens is 1. The van der Waals surface area contributed by atoms with Crippen molar-refractivity contribution in [2.75, 3.05) is 11.9 Å². The highest BCUT2D eigenvalue weighted by atomic mass is 32.1. The minimum atomic E-state index is 0.131. The summed E-state index contributed by atoms with van der Waals surface area (Å²) < 4.78 is 1.19. The molecule has 5 heteroatoms. The molecular formula is C14H17N3OS. The van der Waals surface area contributed by atoms with Crippen LogP contribution in [0.4, 0.5) is 5.13 Å². The number of nitrogens with zero attached hydrogens (tertiary/aromatic N) is 1. The first-order chi connectivity index (χ1) is 9.20. The zero-order chi connectivity index (χ0) is 13.2. The van der Waals surface area contributed by atoms with Gasteiger partial charge in [0.05, 0.1) is 10.2 Å². The van der Waals surface area contributed by atoms with Crippen LogP contribution in [0.2, 0.25) is 0 Å². The molecule has 3 rings (SSSR count). The van der Waals surface area contributed by atoms with E-state index in [0.29, 0.717) is 19.0 Å². The highest BCUT2D eigenvalue weighted by Crippen LogP contribution is 2.26. The molecule has 0 aliphatic heterocycles. The molecule has 100 valence electrons. The Labute approximate surface area is 116 Å². The number of rotatable bonds is 5. The van der Waals surface area contributed by atoms with Crippen molar-refractivity contribution >= 4 is 32.6 Å². The molecule has 1 aromatic heterocycles. The molecule has 1 aliphatic rings. The van der Waals surface area contributed by atoms with Gasteiger partial charge in [0.2, 0.25) is 5.91 Å². The summed E-state index contributed by atoms with van der Waals surface area (Å²) in [4.78, 5) is 16.0. The Hall–Kier alpha value is -1.62. The molecule has 0 radical (unpaired) electrons. The fraction of sp³-hybridized carbons (Fsp3) is 0.429. The van der Waals surface area contributed by atoms with E-state index >= 15 is 0 Å². The van der Waals surface area contributed by atoms with Crippen molar-refractivity contribution in [3.8, 4) is 0 Å². The maximum atomic E-state index is 11.5. The van der Waals surface area contributed by atoms with Crippen LogP contribution >= 0.6 is 11.3 Å². The van der Waals surface area contributed by atoms with E-state index in [2.05, 4.69) is 34.7 Å². The number of amides is 1. The summed E-state index contributed by atoms with van der Waals surface area (Å²) >= 11 is 1.64. The van der Waals surface area contributed by atoms with Gasteiger partial charge in [0.1, 0.15) is 0 Å². The number of carbonyl (C=O) groups excluding carboxylic acids is 1. The molecule has 0 bridgehead atoms. The smallest absolute Gasteiger partial charge is 0.221 e. The van der Waals surface area contributed by atoms with Crippen molar-refractivity contribution in [2.24, 2.45) is 0 Å². The van der Waals surface area contributed by atoms with Crippen LogP contribution in [0.5, 0.6) is 0 Å². The third kappa shape index (κ3) is 3.23. The highest BCUT2D eigenvalue weighted by molar-refractivity contribution is 7.22. The van der Waals surface area contributed by atoms with Gasteiger partial charge < -0.3 is 10.6 Å². The van der Waals surface area contributed by atoms with Gasteiger partial charge in [0, 0.05) is 19.0 Å². The van der Waals surface area contributed by atoms with Gasteiger partial charge in [-0.3, -0.25) is 4.79 Å². The zero-order valence-electron chi connectivity index (χ0n) is 10.9. The Kier molecular flexibility index (Phi) is 3.38. The topological polar surface area (TPSA) is 54.0 Å². The molecule has 1 aliphatic carbocycles. The lowest BCUT2D eigenvalue weighted by Gasteiger charge is -2.03. The molecule has 1 aromatic carbocycles. The van der Waals surface area contributed by atoms with Gasteiger partial charge in [0.25, 0.3) is 0 Å². The molecule has 2 N–H and O–H groups in total. The lowest BCUT2D eigenvalue weighted by atomic mass is 10.2. The number of benzene rings is 1. The normalized spacial score (nSPS) is 14.6. The van der Waals surface area contributed by atoms with Crippen LogP contribution in [-0.2, 0) is 4.79 Å². The highest BCUT2D eigenvalue weighted by Gasteiger charge is 2.22. The Morgan fingerprint density at radius 2 is 2.32 bits per heavy atom. The maximum Gasteiger partial charge on any atom is 0.221 e. The summed E-state index contributed by atoms with van der Waals surface area (Å²) in [5, 5.41) is 7.09. The molecule has 0 saturated heterocycles. The van der Waals surface area contributed by atoms with Crippen molar-refractivity contribution < 1.29 is 4.79 Å². The lowest BCUT2D eigenvalue weighted by Crippen LogP contribution is -2.27. The third-order valence-corrected chi connectivity index (χ3v) is 4.09. The molecule has 2 aromatic rings. The number of hydrogen-bond acceptors (Lipinski definition) is 4. The first-order valence-corrected chi connectivity index (χ1v) is 7.43. The fourth-order valence-corrected chi connectivity index (χ4v) is 2.91. The molecule has 1 fully saturated rings. The summed E-state index contributed by atoms with van der Waals surface area (Å²) in [6.45, 7) is 2.71. The lowest BCUT2D eigenvalue weighted by molar-refractivity contribution is -0.120. The Bertz CT molecular complexity index is 604. The molecule has 0 unspecified atom stereocenters. The number of nitrogens with one attached hydrogen (secondary N) is 2. The van der Waals surface area contributed by atoms with Crippen LogP contribution in [0, 0.1) is 6.92 Å². The Morgan fingerprint density at radius 3 is 3.11 bits per heavy atom. The van der Waals surface area contributed by atoms with Crippen LogP contribution in [0.3, 0.4) is 0 Å². The summed E-state index contributed by atoms with van der Waals surface area (Å²) in [5.74, 6) is 0.131. The first kappa shape index (κ1) is 12.4. The summed E-state index contributed by atoms with van der Waals surface area (Å²) in [5.41, 5.74) is 2.26. The van der Waals surface area contributed by atoms with E-state index in [1.165, 1.54) is 10.3 Å². The van der Waals surface area contributed by atoms with Gasteiger partial charge >= 0.3 is 0 Å². The predicted octanol–water partition coefficient (Wildman–Crippen LogP) is 2.69. The summed E-state index contributed by atoms with van der Waals surface area (Å²) in [6.07, 6.45) is 2.78. The van der Waals surface area contributed by atoms with Crippen molar-refractivity contribution in [1.82, 2.24) is 10.3 Å². The Balaban J connectivity index is 1.54. The van der Waals surface area contributed by atoms with E-state index in [1.54, 1.807) is 11.3 Å². The molecule has 0 spiro atoms. The van der Waals surface area contributed by atoms with E-state index in [0.717, 1.165) is 23.5 Å². The minimum absolute atomic E-state index is 0.131. The van der Waals surface area contributed by atoms with E-state index < -0.39 is 0 Å². The first-order valence-electron chi connectivity index (χ1n) is 6.61. The predicted molar refractivity (Wildman–Crippen MR) is 78.6 cm³/mol. The molecular weight excluding hydrogens is 258 g/mol. The fourth-order valence-electron chi connectivity index (χ4n) is 1.92. The van der Waals surface area contributed by atoms with Crippen LogP contribution in [-0.4, -0.2) is 23.5 Å². The summed E-state index contributed by atoms with van der Waals surface area (Å²) in [7, 11) is 0. The number of fused-ring (bicyclic) bond motifs is 1. The average molecular weight is 275 g/mol. The van der Waals surface area contributed by atoms with Crippen molar-refractivity contribution in [2.45, 2.75) is 32.2 Å². The van der Waals surface area contributed by atoms with Crippen LogP contribution in [0.1, 0.15) is 24.8 Å². The number of carbonyl (C=O) groups is 1. The third-order valence-electron chi connectivity index (χ3n) is 3.11. The minimum Gasteiger partial charge on any atom is -0.361 e. The van der Waals surface area contributed by atoms with Gasteiger partial charge in [-0.05, 0) is 37.5 Å². The van der Waals surface area contributed by atoms with Crippen LogP contribution in [0.15, 0.2) is 18.2 Å². The second-order valence-electron chi connectivity index (χ2n) is 5.01. The monoisotopic (exact) mass is 275 g/mol. The van der Waals surface area contributed by atoms with Gasteiger partial charge in [-0.2, -0.15) is 0 Å². The van der Waals surface area contributed by atoms with E-state index in [1.807, 2.05) is 6.07 Å². The van der Waals surface area contributed by atoms with Crippen molar-refractivity contribution in [1.29, 1.82) is 0 Å². The SMILES string of the molecule is Cc1ccc2nc(NCCC(=O)NC3CC3)sc2c1. The Morgan fingerprint density at radius 1 is 1.47 bits per heavy atom. The van der Waals surface area contributed by atoms with Crippen molar-refractivity contribution in [3.63, 3.8) is 0 Å². The maximum absolute atomic E-state index is 11.5. The van der Waals surface area contributed by atoms with Crippen LogP contribution < -0.4 is 10.6 Å². The van der Waals surface area contributed by atoms with Gasteiger partial charge in [0.15, 0.2) is 5.13 Å². The molecule has 0 atom stereocenters. The molecule has 19 heavy (non-hydrogen) atoms. The standard InChI is InChI=1S/C14H17N3OS/c1-9-2-5-11-12(8-9)19-14(17-11)15-7-6-13(18)16-10-3-4-10/h2,5,8,10H,3-4,6-7H2,1H3,(H,15,17)(H,16,18). The number of hydrogen-bond donors (Lipinski definition) is 2. The molecule has 1 amide bonds. The second-order valence-corrected chi connectivity index (χ2v) is 6.04. The van der Waals surface area contributed by atoms with E-state index in [4.69, 9.17) is 0 Å². The quantitative estimate of drug-likeness (QED) is 0.882. The largest absolute Gasteiger partial charge is 0.361 e. The zero-order valence-corrected chi connectivity index (χ0v) is 11.7. The van der Waals surface area contributed by atoms with E-state index in [9.17, 15) is 4.79 Å². The van der Waals surface area contributed by atoms with E-state index in [-0.39, 0.29) is 5.91 Å². The molecule has 1 saturated carbocycles. The van der Waals surface area contributed by atoms with Crippen molar-refractivity contribution in [3.05, 3.63) is 23.8 Å². The van der Waals surface area contributed by atoms with Gasteiger partial charge in [-0.25, -0.2) is 4.98 Å².